The standard InChI is InChI=1S/C23H30N6O2S/c30-32-27-22(23(28-32)26-17-20-8-5-10-24-16-20)25-11-6-14-31-21-9-4-7-19(15-21)18-29-12-2-1-3-13-29/h4-5,7-10,15-16H,1-3,6,11-14,17-18H2,(H,25,27)(H,26,28). The van der Waals surface area contributed by atoms with Crippen molar-refractivity contribution in [2.24, 2.45) is 8.80 Å². The third-order valence-electron chi connectivity index (χ3n) is 5.38. The van der Waals surface area contributed by atoms with Gasteiger partial charge in [0.2, 0.25) is 0 Å². The minimum atomic E-state index is -1.58. The maximum atomic E-state index is 11.7. The van der Waals surface area contributed by atoms with E-state index in [1.807, 2.05) is 18.2 Å². The number of aromatic nitrogens is 1. The normalized spacial score (nSPS) is 18.7. The number of benzene rings is 1. The smallest absolute Gasteiger partial charge is 0.269 e. The first-order valence-electron chi connectivity index (χ1n) is 11.2. The monoisotopic (exact) mass is 454 g/mol. The fourth-order valence-corrected chi connectivity index (χ4v) is 4.42. The Morgan fingerprint density at radius 1 is 1.00 bits per heavy atom. The third kappa shape index (κ3) is 6.86. The quantitative estimate of drug-likeness (QED) is 0.566. The van der Waals surface area contributed by atoms with Gasteiger partial charge in [0.25, 0.3) is 11.2 Å². The molecule has 9 heteroatoms. The molecule has 8 nitrogen and oxygen atoms in total. The Kier molecular flexibility index (Phi) is 8.22. The first-order valence-corrected chi connectivity index (χ1v) is 12.2. The van der Waals surface area contributed by atoms with Gasteiger partial charge in [0.05, 0.1) is 6.61 Å². The number of ether oxygens (including phenoxy) is 1. The number of amidine groups is 2. The lowest BCUT2D eigenvalue weighted by atomic mass is 10.1. The van der Waals surface area contributed by atoms with Crippen molar-refractivity contribution < 1.29 is 8.95 Å². The van der Waals surface area contributed by atoms with Crippen molar-refractivity contribution in [3.63, 3.8) is 0 Å². The van der Waals surface area contributed by atoms with E-state index in [0.717, 1.165) is 24.3 Å². The summed E-state index contributed by atoms with van der Waals surface area (Å²) in [5, 5.41) is 6.38. The highest BCUT2D eigenvalue weighted by atomic mass is 32.2. The molecule has 0 spiro atoms. The minimum Gasteiger partial charge on any atom is -0.494 e. The highest BCUT2D eigenvalue weighted by Crippen LogP contribution is 2.17. The molecular weight excluding hydrogens is 424 g/mol. The molecule has 0 saturated carbocycles. The summed E-state index contributed by atoms with van der Waals surface area (Å²) in [6.07, 6.45) is 8.25. The molecule has 0 amide bonds. The van der Waals surface area contributed by atoms with Gasteiger partial charge in [-0.05, 0) is 61.7 Å². The number of rotatable bonds is 9. The molecule has 2 N–H and O–H groups in total. The van der Waals surface area contributed by atoms with E-state index >= 15 is 0 Å². The van der Waals surface area contributed by atoms with Crippen molar-refractivity contribution in [3.8, 4) is 5.75 Å². The van der Waals surface area contributed by atoms with E-state index in [1.54, 1.807) is 12.4 Å². The number of nitrogens with zero attached hydrogens (tertiary/aromatic N) is 4. The number of piperidine rings is 1. The third-order valence-corrected chi connectivity index (χ3v) is 6.06. The van der Waals surface area contributed by atoms with Crippen molar-refractivity contribution >= 4 is 22.8 Å². The maximum absolute atomic E-state index is 11.7. The van der Waals surface area contributed by atoms with Crippen LogP contribution in [0.2, 0.25) is 0 Å². The predicted octanol–water partition coefficient (Wildman–Crippen LogP) is 2.61. The summed E-state index contributed by atoms with van der Waals surface area (Å²) < 4.78 is 25.8. The fourth-order valence-electron chi connectivity index (χ4n) is 3.76. The minimum absolute atomic E-state index is 0.513. The molecule has 2 aliphatic heterocycles. The van der Waals surface area contributed by atoms with Crippen LogP contribution in [0.5, 0.6) is 5.75 Å². The first kappa shape index (κ1) is 22.4. The molecule has 2 aromatic rings. The fraction of sp³-hybridized carbons (Fsp3) is 0.435. The van der Waals surface area contributed by atoms with Gasteiger partial charge >= 0.3 is 0 Å². The van der Waals surface area contributed by atoms with Crippen LogP contribution >= 0.6 is 0 Å². The number of nitrogens with one attached hydrogen (secondary N) is 2. The topological polar surface area (TPSA) is 91.2 Å². The van der Waals surface area contributed by atoms with Gasteiger partial charge in [0, 0.05) is 32.0 Å². The van der Waals surface area contributed by atoms with Crippen LogP contribution in [0.15, 0.2) is 57.6 Å². The molecule has 1 aromatic heterocycles. The summed E-state index contributed by atoms with van der Waals surface area (Å²) in [5.41, 5.74) is 2.31. The summed E-state index contributed by atoms with van der Waals surface area (Å²) in [6, 6.07) is 12.2. The van der Waals surface area contributed by atoms with Gasteiger partial charge in [-0.3, -0.25) is 9.88 Å². The lowest BCUT2D eigenvalue weighted by molar-refractivity contribution is 0.220. The van der Waals surface area contributed by atoms with Gasteiger partial charge in [-0.1, -0.05) is 24.6 Å². The molecule has 32 heavy (non-hydrogen) atoms. The van der Waals surface area contributed by atoms with Crippen LogP contribution in [-0.4, -0.2) is 52.0 Å². The van der Waals surface area contributed by atoms with Crippen LogP contribution < -0.4 is 15.4 Å². The molecule has 1 atom stereocenters. The van der Waals surface area contributed by atoms with Crippen LogP contribution in [0.1, 0.15) is 36.8 Å². The molecule has 0 bridgehead atoms. The van der Waals surface area contributed by atoms with Crippen molar-refractivity contribution in [2.45, 2.75) is 38.8 Å². The summed E-state index contributed by atoms with van der Waals surface area (Å²) in [5.74, 6) is 1.94. The van der Waals surface area contributed by atoms with Crippen LogP contribution in [-0.2, 0) is 24.3 Å². The Morgan fingerprint density at radius 3 is 2.62 bits per heavy atom. The lowest BCUT2D eigenvalue weighted by Gasteiger charge is -2.26. The van der Waals surface area contributed by atoms with E-state index in [4.69, 9.17) is 4.74 Å². The maximum Gasteiger partial charge on any atom is 0.269 e. The SMILES string of the molecule is O=S1N=C(NCCCOc2cccc(CN3CCCCC3)c2)C(NCc2cccnc2)=N1. The van der Waals surface area contributed by atoms with Crippen molar-refractivity contribution in [1.82, 2.24) is 20.5 Å². The average Bonchev–Trinajstić information content (AvgIpc) is 3.18. The Morgan fingerprint density at radius 2 is 1.81 bits per heavy atom. The molecule has 0 aliphatic carbocycles. The molecule has 1 aromatic carbocycles. The highest BCUT2D eigenvalue weighted by molar-refractivity contribution is 7.83. The zero-order chi connectivity index (χ0) is 22.0. The second kappa shape index (κ2) is 11.7. The van der Waals surface area contributed by atoms with Gasteiger partial charge in [-0.2, -0.15) is 0 Å². The molecule has 1 unspecified atom stereocenters. The average molecular weight is 455 g/mol. The van der Waals surface area contributed by atoms with E-state index < -0.39 is 11.2 Å². The summed E-state index contributed by atoms with van der Waals surface area (Å²) in [7, 11) is 0. The van der Waals surface area contributed by atoms with Crippen LogP contribution in [0, 0.1) is 0 Å². The Hall–Kier alpha value is -2.78. The second-order valence-corrected chi connectivity index (χ2v) is 8.76. The number of hydrogen-bond donors (Lipinski definition) is 2. The molecule has 0 radical (unpaired) electrons. The van der Waals surface area contributed by atoms with E-state index in [2.05, 4.69) is 47.5 Å². The van der Waals surface area contributed by atoms with Crippen molar-refractivity contribution in [2.75, 3.05) is 26.2 Å². The number of hydrogen-bond acceptors (Lipinski definition) is 6. The van der Waals surface area contributed by atoms with Crippen molar-refractivity contribution in [3.05, 3.63) is 59.9 Å². The van der Waals surface area contributed by atoms with Gasteiger partial charge < -0.3 is 15.4 Å². The number of likely N-dealkylation sites (tertiary alicyclic amines) is 1. The van der Waals surface area contributed by atoms with E-state index in [1.165, 1.54) is 37.9 Å². The Bertz CT molecular complexity index is 960. The highest BCUT2D eigenvalue weighted by Gasteiger charge is 2.18. The Balaban J connectivity index is 1.17. The molecule has 2 aliphatic rings. The van der Waals surface area contributed by atoms with Crippen LogP contribution in [0.25, 0.3) is 0 Å². The molecule has 3 heterocycles. The molecule has 170 valence electrons. The lowest BCUT2D eigenvalue weighted by Crippen LogP contribution is -2.38. The van der Waals surface area contributed by atoms with Gasteiger partial charge in [0.15, 0.2) is 11.7 Å². The predicted molar refractivity (Wildman–Crippen MR) is 128 cm³/mol. The molecule has 4 rings (SSSR count). The van der Waals surface area contributed by atoms with E-state index in [9.17, 15) is 4.21 Å². The molecular formula is C23H30N6O2S. The summed E-state index contributed by atoms with van der Waals surface area (Å²) in [6.45, 7) is 5.15. The van der Waals surface area contributed by atoms with Crippen LogP contribution in [0.4, 0.5) is 0 Å². The number of pyridine rings is 1. The van der Waals surface area contributed by atoms with Crippen LogP contribution in [0.3, 0.4) is 0 Å². The van der Waals surface area contributed by atoms with Gasteiger partial charge in [-0.15, -0.1) is 8.80 Å². The zero-order valence-electron chi connectivity index (χ0n) is 18.2. The molecule has 1 fully saturated rings. The molecule has 1 saturated heterocycles. The van der Waals surface area contributed by atoms with Crippen molar-refractivity contribution in [1.29, 1.82) is 0 Å². The van der Waals surface area contributed by atoms with Gasteiger partial charge in [-0.25, -0.2) is 4.21 Å². The second-order valence-electron chi connectivity index (χ2n) is 7.94. The first-order chi connectivity index (χ1) is 15.8. The van der Waals surface area contributed by atoms with E-state index in [0.29, 0.717) is 31.4 Å². The Labute approximate surface area is 191 Å². The van der Waals surface area contributed by atoms with E-state index in [-0.39, 0.29) is 0 Å². The largest absolute Gasteiger partial charge is 0.494 e. The zero-order valence-corrected chi connectivity index (χ0v) is 19.0. The van der Waals surface area contributed by atoms with Gasteiger partial charge in [0.1, 0.15) is 5.75 Å². The summed E-state index contributed by atoms with van der Waals surface area (Å²) >= 11 is -1.58. The summed E-state index contributed by atoms with van der Waals surface area (Å²) in [4.78, 5) is 6.61.